The maximum atomic E-state index is 6.07. The Labute approximate surface area is 169 Å². The maximum Gasteiger partial charge on any atom is 0.230 e. The van der Waals surface area contributed by atoms with Crippen molar-refractivity contribution in [2.24, 2.45) is 0 Å². The zero-order valence-electron chi connectivity index (χ0n) is 16.6. The second kappa shape index (κ2) is 7.20. The molecule has 6 nitrogen and oxygen atoms in total. The summed E-state index contributed by atoms with van der Waals surface area (Å²) in [4.78, 5) is 15.8. The number of aromatic nitrogens is 3. The van der Waals surface area contributed by atoms with Crippen LogP contribution in [-0.2, 0) is 0 Å². The zero-order chi connectivity index (χ0) is 19.8. The Hall–Kier alpha value is -3.41. The van der Waals surface area contributed by atoms with Crippen molar-refractivity contribution in [2.75, 3.05) is 18.0 Å². The van der Waals surface area contributed by atoms with E-state index in [-0.39, 0.29) is 0 Å². The third-order valence-corrected chi connectivity index (χ3v) is 5.45. The van der Waals surface area contributed by atoms with Crippen LogP contribution in [0.5, 0.6) is 11.6 Å². The number of benzene rings is 1. The Morgan fingerprint density at radius 3 is 2.69 bits per heavy atom. The SMILES string of the molecule is Cc1cc(Oc2nccc3occc23)ccc1-c1c(C)ncnc1N1CCCC1. The fourth-order valence-corrected chi connectivity index (χ4v) is 3.99. The van der Waals surface area contributed by atoms with E-state index in [2.05, 4.69) is 32.8 Å². The van der Waals surface area contributed by atoms with Crippen molar-refractivity contribution in [2.45, 2.75) is 26.7 Å². The Morgan fingerprint density at radius 1 is 1.00 bits per heavy atom. The number of ether oxygens (including phenoxy) is 1. The monoisotopic (exact) mass is 386 g/mol. The Bertz CT molecular complexity index is 1180. The summed E-state index contributed by atoms with van der Waals surface area (Å²) in [6, 6.07) is 9.80. The van der Waals surface area contributed by atoms with Gasteiger partial charge in [0.25, 0.3) is 0 Å². The molecular formula is C23H22N4O2. The fourth-order valence-electron chi connectivity index (χ4n) is 3.99. The first-order chi connectivity index (χ1) is 14.2. The maximum absolute atomic E-state index is 6.07. The van der Waals surface area contributed by atoms with Crippen molar-refractivity contribution in [1.82, 2.24) is 15.0 Å². The normalized spacial score (nSPS) is 13.9. The minimum absolute atomic E-state index is 0.542. The van der Waals surface area contributed by atoms with Crippen LogP contribution in [0.3, 0.4) is 0 Å². The van der Waals surface area contributed by atoms with Crippen LogP contribution >= 0.6 is 0 Å². The largest absolute Gasteiger partial charge is 0.464 e. The molecule has 29 heavy (non-hydrogen) atoms. The molecule has 0 atom stereocenters. The minimum Gasteiger partial charge on any atom is -0.464 e. The molecule has 0 bridgehead atoms. The number of aryl methyl sites for hydroxylation is 2. The van der Waals surface area contributed by atoms with Crippen LogP contribution in [0.1, 0.15) is 24.1 Å². The highest BCUT2D eigenvalue weighted by atomic mass is 16.5. The topological polar surface area (TPSA) is 64.3 Å². The van der Waals surface area contributed by atoms with Gasteiger partial charge in [-0.3, -0.25) is 0 Å². The van der Waals surface area contributed by atoms with Gasteiger partial charge in [0.15, 0.2) is 0 Å². The van der Waals surface area contributed by atoms with Gasteiger partial charge in [0.1, 0.15) is 23.5 Å². The lowest BCUT2D eigenvalue weighted by molar-refractivity contribution is 0.468. The van der Waals surface area contributed by atoms with Crippen molar-refractivity contribution in [3.05, 3.63) is 60.4 Å². The van der Waals surface area contributed by atoms with Gasteiger partial charge in [-0.15, -0.1) is 0 Å². The number of hydrogen-bond acceptors (Lipinski definition) is 6. The molecule has 0 aliphatic carbocycles. The third-order valence-electron chi connectivity index (χ3n) is 5.45. The predicted molar refractivity (Wildman–Crippen MR) is 112 cm³/mol. The number of pyridine rings is 1. The Kier molecular flexibility index (Phi) is 4.39. The lowest BCUT2D eigenvalue weighted by Gasteiger charge is -2.22. The van der Waals surface area contributed by atoms with E-state index >= 15 is 0 Å². The van der Waals surface area contributed by atoms with Crippen molar-refractivity contribution >= 4 is 16.8 Å². The molecule has 146 valence electrons. The molecule has 1 fully saturated rings. The first-order valence-corrected chi connectivity index (χ1v) is 9.88. The summed E-state index contributed by atoms with van der Waals surface area (Å²) in [6.45, 7) is 6.23. The molecule has 0 spiro atoms. The van der Waals surface area contributed by atoms with Gasteiger partial charge in [0.05, 0.1) is 17.3 Å². The number of rotatable bonds is 4. The van der Waals surface area contributed by atoms with Crippen LogP contribution in [0.25, 0.3) is 22.1 Å². The van der Waals surface area contributed by atoms with E-state index in [0.29, 0.717) is 5.88 Å². The fraction of sp³-hybridized carbons (Fsp3) is 0.261. The first-order valence-electron chi connectivity index (χ1n) is 9.88. The van der Waals surface area contributed by atoms with Crippen LogP contribution in [0, 0.1) is 13.8 Å². The van der Waals surface area contributed by atoms with E-state index in [4.69, 9.17) is 9.15 Å². The molecule has 4 heterocycles. The molecule has 0 saturated carbocycles. The van der Waals surface area contributed by atoms with E-state index < -0.39 is 0 Å². The second-order valence-electron chi connectivity index (χ2n) is 7.38. The summed E-state index contributed by atoms with van der Waals surface area (Å²) in [6.07, 6.45) is 7.42. The Morgan fingerprint density at radius 2 is 1.86 bits per heavy atom. The molecule has 5 rings (SSSR count). The number of hydrogen-bond donors (Lipinski definition) is 0. The van der Waals surface area contributed by atoms with Gasteiger partial charge in [-0.25, -0.2) is 15.0 Å². The van der Waals surface area contributed by atoms with Gasteiger partial charge in [-0.2, -0.15) is 0 Å². The van der Waals surface area contributed by atoms with E-state index in [9.17, 15) is 0 Å². The van der Waals surface area contributed by atoms with Gasteiger partial charge < -0.3 is 14.1 Å². The third kappa shape index (κ3) is 3.20. The van der Waals surface area contributed by atoms with Crippen LogP contribution in [-0.4, -0.2) is 28.0 Å². The molecule has 0 N–H and O–H groups in total. The molecule has 1 aliphatic rings. The minimum atomic E-state index is 0.542. The van der Waals surface area contributed by atoms with Gasteiger partial charge in [0.2, 0.25) is 5.88 Å². The number of nitrogens with zero attached hydrogens (tertiary/aromatic N) is 4. The number of fused-ring (bicyclic) bond motifs is 1. The zero-order valence-corrected chi connectivity index (χ0v) is 16.6. The van der Waals surface area contributed by atoms with E-state index in [0.717, 1.165) is 58.0 Å². The van der Waals surface area contributed by atoms with Crippen LogP contribution < -0.4 is 9.64 Å². The molecule has 0 radical (unpaired) electrons. The smallest absolute Gasteiger partial charge is 0.230 e. The average molecular weight is 386 g/mol. The first kappa shape index (κ1) is 17.7. The standard InChI is InChI=1S/C23H22N4O2/c1-15-13-17(29-23-19-8-12-28-20(19)7-9-24-23)5-6-18(15)21-16(2)25-14-26-22(21)27-10-3-4-11-27/h5-9,12-14H,3-4,10-11H2,1-2H3. The van der Waals surface area contributed by atoms with E-state index in [1.54, 1.807) is 18.8 Å². The molecule has 3 aromatic heterocycles. The van der Waals surface area contributed by atoms with Crippen LogP contribution in [0.15, 0.2) is 53.5 Å². The lowest BCUT2D eigenvalue weighted by atomic mass is 9.99. The highest BCUT2D eigenvalue weighted by Crippen LogP contribution is 2.37. The highest BCUT2D eigenvalue weighted by molar-refractivity contribution is 5.83. The second-order valence-corrected chi connectivity index (χ2v) is 7.38. The molecular weight excluding hydrogens is 364 g/mol. The molecule has 1 aromatic carbocycles. The van der Waals surface area contributed by atoms with E-state index in [1.165, 1.54) is 12.8 Å². The summed E-state index contributed by atoms with van der Waals surface area (Å²) in [5, 5.41) is 0.859. The Balaban J connectivity index is 1.52. The van der Waals surface area contributed by atoms with Gasteiger partial charge in [-0.05, 0) is 62.1 Å². The van der Waals surface area contributed by atoms with Gasteiger partial charge in [-0.1, -0.05) is 6.07 Å². The van der Waals surface area contributed by atoms with E-state index in [1.807, 2.05) is 31.2 Å². The summed E-state index contributed by atoms with van der Waals surface area (Å²) in [5.41, 5.74) is 5.10. The summed E-state index contributed by atoms with van der Waals surface area (Å²) < 4.78 is 11.5. The van der Waals surface area contributed by atoms with Crippen molar-refractivity contribution in [1.29, 1.82) is 0 Å². The highest BCUT2D eigenvalue weighted by Gasteiger charge is 2.21. The molecule has 6 heteroatoms. The predicted octanol–water partition coefficient (Wildman–Crippen LogP) is 5.29. The van der Waals surface area contributed by atoms with Gasteiger partial charge >= 0.3 is 0 Å². The van der Waals surface area contributed by atoms with Gasteiger partial charge in [0, 0.05) is 24.8 Å². The van der Waals surface area contributed by atoms with Crippen molar-refractivity contribution in [3.8, 4) is 22.8 Å². The lowest BCUT2D eigenvalue weighted by Crippen LogP contribution is -2.20. The van der Waals surface area contributed by atoms with Crippen molar-refractivity contribution in [3.63, 3.8) is 0 Å². The summed E-state index contributed by atoms with van der Waals surface area (Å²) in [5.74, 6) is 2.31. The van der Waals surface area contributed by atoms with Crippen LogP contribution in [0.2, 0.25) is 0 Å². The quantitative estimate of drug-likeness (QED) is 0.475. The molecule has 1 saturated heterocycles. The average Bonchev–Trinajstić information content (AvgIpc) is 3.41. The number of furan rings is 1. The molecule has 4 aromatic rings. The van der Waals surface area contributed by atoms with Crippen molar-refractivity contribution < 1.29 is 9.15 Å². The molecule has 0 unspecified atom stereocenters. The number of anilines is 1. The van der Waals surface area contributed by atoms with Crippen LogP contribution in [0.4, 0.5) is 5.82 Å². The summed E-state index contributed by atoms with van der Waals surface area (Å²) in [7, 11) is 0. The molecule has 0 amide bonds. The molecule has 1 aliphatic heterocycles. The summed E-state index contributed by atoms with van der Waals surface area (Å²) >= 11 is 0.